The van der Waals surface area contributed by atoms with Crippen molar-refractivity contribution < 1.29 is 14.3 Å². The summed E-state index contributed by atoms with van der Waals surface area (Å²) in [4.78, 5) is 17.6. The maximum atomic E-state index is 13.2. The minimum Gasteiger partial charge on any atom is -0.478 e. The SMILES string of the molecule is NC(N)=NC(N)=Nc1ccc(C(=O)O)c(F)c1. The molecule has 0 aromatic heterocycles. The summed E-state index contributed by atoms with van der Waals surface area (Å²) in [5.74, 6) is -2.83. The van der Waals surface area contributed by atoms with Crippen LogP contribution in [0.4, 0.5) is 10.1 Å². The third-order valence-electron chi connectivity index (χ3n) is 1.67. The Morgan fingerprint density at radius 2 is 1.94 bits per heavy atom. The summed E-state index contributed by atoms with van der Waals surface area (Å²) in [5, 5.41) is 8.60. The zero-order chi connectivity index (χ0) is 13.0. The first-order valence-electron chi connectivity index (χ1n) is 4.37. The highest BCUT2D eigenvalue weighted by Gasteiger charge is 2.10. The number of aromatic carboxylic acids is 1. The molecule has 1 aromatic rings. The van der Waals surface area contributed by atoms with Gasteiger partial charge in [-0.05, 0) is 12.1 Å². The second-order valence-corrected chi connectivity index (χ2v) is 2.98. The van der Waals surface area contributed by atoms with Crippen LogP contribution in [0.2, 0.25) is 0 Å². The third-order valence-corrected chi connectivity index (χ3v) is 1.67. The molecule has 7 N–H and O–H groups in total. The van der Waals surface area contributed by atoms with Gasteiger partial charge in [-0.1, -0.05) is 0 Å². The van der Waals surface area contributed by atoms with Crippen LogP contribution in [-0.2, 0) is 0 Å². The van der Waals surface area contributed by atoms with E-state index in [9.17, 15) is 9.18 Å². The first-order valence-corrected chi connectivity index (χ1v) is 4.37. The molecule has 0 bridgehead atoms. The molecule has 1 rings (SSSR count). The average molecular weight is 239 g/mol. The molecule has 0 spiro atoms. The number of nitrogens with zero attached hydrogens (tertiary/aromatic N) is 2. The van der Waals surface area contributed by atoms with Gasteiger partial charge in [-0.25, -0.2) is 14.2 Å². The van der Waals surface area contributed by atoms with E-state index in [4.69, 9.17) is 22.3 Å². The normalized spacial score (nSPS) is 11.0. The molecule has 0 atom stereocenters. The molecule has 0 aliphatic rings. The number of rotatable bonds is 2. The number of aliphatic imine (C=N–C) groups is 2. The molecular weight excluding hydrogens is 229 g/mol. The van der Waals surface area contributed by atoms with E-state index in [1.165, 1.54) is 6.07 Å². The topological polar surface area (TPSA) is 140 Å². The van der Waals surface area contributed by atoms with Crippen LogP contribution in [0.25, 0.3) is 0 Å². The number of carboxylic acid groups (broad SMARTS) is 1. The largest absolute Gasteiger partial charge is 0.478 e. The molecule has 1 aromatic carbocycles. The van der Waals surface area contributed by atoms with Gasteiger partial charge in [-0.3, -0.25) is 0 Å². The van der Waals surface area contributed by atoms with Gasteiger partial charge in [0.25, 0.3) is 0 Å². The molecule has 0 amide bonds. The van der Waals surface area contributed by atoms with E-state index in [0.717, 1.165) is 12.1 Å². The molecule has 0 saturated carbocycles. The van der Waals surface area contributed by atoms with Crippen molar-refractivity contribution in [2.75, 3.05) is 0 Å². The van der Waals surface area contributed by atoms with Crippen LogP contribution in [0.5, 0.6) is 0 Å². The number of hydrogen-bond acceptors (Lipinski definition) is 2. The van der Waals surface area contributed by atoms with Crippen molar-refractivity contribution in [3.63, 3.8) is 0 Å². The monoisotopic (exact) mass is 239 g/mol. The quantitative estimate of drug-likeness (QED) is 0.416. The molecule has 0 saturated heterocycles. The summed E-state index contributed by atoms with van der Waals surface area (Å²) < 4.78 is 13.2. The van der Waals surface area contributed by atoms with Crippen molar-refractivity contribution >= 4 is 23.6 Å². The van der Waals surface area contributed by atoms with Gasteiger partial charge in [-0.2, -0.15) is 4.99 Å². The molecule has 0 fully saturated rings. The minimum absolute atomic E-state index is 0.106. The molecular formula is C9H10FN5O2. The fourth-order valence-electron chi connectivity index (χ4n) is 1.04. The first kappa shape index (κ1) is 12.4. The Hall–Kier alpha value is -2.64. The van der Waals surface area contributed by atoms with Gasteiger partial charge in [0, 0.05) is 6.07 Å². The smallest absolute Gasteiger partial charge is 0.338 e. The van der Waals surface area contributed by atoms with Gasteiger partial charge >= 0.3 is 5.97 Å². The standard InChI is InChI=1S/C9H10FN5O2/c10-6-3-4(1-2-5(6)7(16)17)14-9(13)15-8(11)12/h1-3H,(H,16,17)(H6,11,12,13,14,15). The van der Waals surface area contributed by atoms with E-state index in [1.54, 1.807) is 0 Å². The maximum Gasteiger partial charge on any atom is 0.338 e. The number of carbonyl (C=O) groups is 1. The highest BCUT2D eigenvalue weighted by atomic mass is 19.1. The number of halogens is 1. The first-order chi connectivity index (χ1) is 7.90. The van der Waals surface area contributed by atoms with Gasteiger partial charge in [-0.15, -0.1) is 0 Å². The molecule has 0 aliphatic heterocycles. The van der Waals surface area contributed by atoms with Crippen molar-refractivity contribution in [3.05, 3.63) is 29.6 Å². The van der Waals surface area contributed by atoms with Crippen molar-refractivity contribution in [2.45, 2.75) is 0 Å². The summed E-state index contributed by atoms with van der Waals surface area (Å²) in [6.45, 7) is 0. The fraction of sp³-hybridized carbons (Fsp3) is 0. The Kier molecular flexibility index (Phi) is 3.60. The lowest BCUT2D eigenvalue weighted by molar-refractivity contribution is 0.0692. The Bertz CT molecular complexity index is 508. The van der Waals surface area contributed by atoms with Crippen LogP contribution >= 0.6 is 0 Å². The summed E-state index contributed by atoms with van der Waals surface area (Å²) in [6.07, 6.45) is 0. The predicted octanol–water partition coefficient (Wildman–Crippen LogP) is -0.256. The molecule has 90 valence electrons. The summed E-state index contributed by atoms with van der Waals surface area (Å²) in [5.41, 5.74) is 15.1. The van der Waals surface area contributed by atoms with Crippen LogP contribution in [0, 0.1) is 5.82 Å². The van der Waals surface area contributed by atoms with Gasteiger partial charge in [0.1, 0.15) is 5.82 Å². The zero-order valence-electron chi connectivity index (χ0n) is 8.59. The van der Waals surface area contributed by atoms with E-state index in [2.05, 4.69) is 9.98 Å². The van der Waals surface area contributed by atoms with Crippen LogP contribution in [0.15, 0.2) is 28.2 Å². The average Bonchev–Trinajstić information content (AvgIpc) is 2.15. The van der Waals surface area contributed by atoms with E-state index in [0.29, 0.717) is 0 Å². The van der Waals surface area contributed by atoms with Gasteiger partial charge < -0.3 is 22.3 Å². The highest BCUT2D eigenvalue weighted by Crippen LogP contribution is 2.17. The van der Waals surface area contributed by atoms with E-state index >= 15 is 0 Å². The lowest BCUT2D eigenvalue weighted by atomic mass is 10.2. The maximum absolute atomic E-state index is 13.2. The third kappa shape index (κ3) is 3.45. The predicted molar refractivity (Wildman–Crippen MR) is 60.5 cm³/mol. The molecule has 0 unspecified atom stereocenters. The number of benzene rings is 1. The van der Waals surface area contributed by atoms with Crippen molar-refractivity contribution in [1.29, 1.82) is 0 Å². The number of guanidine groups is 2. The number of nitrogens with two attached hydrogens (primary N) is 3. The molecule has 0 heterocycles. The van der Waals surface area contributed by atoms with Crippen LogP contribution in [-0.4, -0.2) is 23.0 Å². The van der Waals surface area contributed by atoms with Crippen LogP contribution < -0.4 is 17.2 Å². The molecule has 7 nitrogen and oxygen atoms in total. The number of hydrogen-bond donors (Lipinski definition) is 4. The van der Waals surface area contributed by atoms with Crippen LogP contribution in [0.1, 0.15) is 10.4 Å². The Morgan fingerprint density at radius 3 is 2.41 bits per heavy atom. The number of carboxylic acids is 1. The lowest BCUT2D eigenvalue weighted by Crippen LogP contribution is -2.26. The summed E-state index contributed by atoms with van der Waals surface area (Å²) in [7, 11) is 0. The van der Waals surface area contributed by atoms with E-state index in [-0.39, 0.29) is 17.6 Å². The van der Waals surface area contributed by atoms with Crippen molar-refractivity contribution in [1.82, 2.24) is 0 Å². The Labute approximate surface area is 95.5 Å². The Balaban J connectivity index is 3.07. The van der Waals surface area contributed by atoms with Gasteiger partial charge in [0.2, 0.25) is 5.96 Å². The zero-order valence-corrected chi connectivity index (χ0v) is 8.59. The second kappa shape index (κ2) is 4.92. The lowest BCUT2D eigenvalue weighted by Gasteiger charge is -1.99. The molecule has 17 heavy (non-hydrogen) atoms. The second-order valence-electron chi connectivity index (χ2n) is 2.98. The molecule has 8 heteroatoms. The minimum atomic E-state index is -1.37. The van der Waals surface area contributed by atoms with Crippen molar-refractivity contribution in [2.24, 2.45) is 27.2 Å². The summed E-state index contributed by atoms with van der Waals surface area (Å²) >= 11 is 0. The van der Waals surface area contributed by atoms with Gasteiger partial charge in [0.15, 0.2) is 5.96 Å². The van der Waals surface area contributed by atoms with E-state index < -0.39 is 17.3 Å². The van der Waals surface area contributed by atoms with Gasteiger partial charge in [0.05, 0.1) is 11.3 Å². The van der Waals surface area contributed by atoms with Crippen molar-refractivity contribution in [3.8, 4) is 0 Å². The van der Waals surface area contributed by atoms with E-state index in [1.807, 2.05) is 0 Å². The highest BCUT2D eigenvalue weighted by molar-refractivity contribution is 5.94. The molecule has 0 aliphatic carbocycles. The van der Waals surface area contributed by atoms with Crippen LogP contribution in [0.3, 0.4) is 0 Å². The molecule has 0 radical (unpaired) electrons. The summed E-state index contributed by atoms with van der Waals surface area (Å²) in [6, 6.07) is 3.26. The fourth-order valence-corrected chi connectivity index (χ4v) is 1.04. The Morgan fingerprint density at radius 1 is 1.29 bits per heavy atom.